The van der Waals surface area contributed by atoms with Crippen LogP contribution in [0, 0.1) is 0 Å². The van der Waals surface area contributed by atoms with Crippen LogP contribution in [0.4, 0.5) is 0 Å². The van der Waals surface area contributed by atoms with Gasteiger partial charge in [-0.25, -0.2) is 0 Å². The van der Waals surface area contributed by atoms with E-state index in [4.69, 9.17) is 4.74 Å². The van der Waals surface area contributed by atoms with E-state index in [1.54, 1.807) is 0 Å². The highest BCUT2D eigenvalue weighted by Crippen LogP contribution is 2.17. The molecule has 0 radical (unpaired) electrons. The number of aliphatic hydroxyl groups is 2. The minimum Gasteiger partial charge on any atom is -0.462 e. The van der Waals surface area contributed by atoms with E-state index >= 15 is 0 Å². The molecule has 3 N–H and O–H groups in total. The number of rotatable bonds is 45. The Hall–Kier alpha value is -2.96. The van der Waals surface area contributed by atoms with E-state index in [-0.39, 0.29) is 24.9 Å². The first-order valence-corrected chi connectivity index (χ1v) is 25.9. The molecule has 6 heteroatoms. The number of ether oxygens (including phenoxy) is 1. The van der Waals surface area contributed by atoms with Gasteiger partial charge in [-0.3, -0.25) is 9.59 Å². The van der Waals surface area contributed by atoms with E-state index in [0.717, 1.165) is 70.6 Å². The second kappa shape index (κ2) is 49.1. The zero-order valence-electron chi connectivity index (χ0n) is 40.5. The average molecular weight is 864 g/mol. The van der Waals surface area contributed by atoms with Crippen molar-refractivity contribution in [2.24, 2.45) is 0 Å². The Morgan fingerprint density at radius 1 is 0.484 bits per heavy atom. The maximum absolute atomic E-state index is 13.2. The van der Waals surface area contributed by atoms with Crippen LogP contribution in [0.25, 0.3) is 0 Å². The topological polar surface area (TPSA) is 95.9 Å². The predicted octanol–water partition coefficient (Wildman–Crippen LogP) is 15.6. The van der Waals surface area contributed by atoms with E-state index in [9.17, 15) is 19.8 Å². The molecular formula is C56H97NO5. The first-order chi connectivity index (χ1) is 30.5. The summed E-state index contributed by atoms with van der Waals surface area (Å²) in [6.07, 6.45) is 63.7. The zero-order chi connectivity index (χ0) is 45.2. The van der Waals surface area contributed by atoms with Gasteiger partial charge in [0.2, 0.25) is 5.91 Å². The highest BCUT2D eigenvalue weighted by Gasteiger charge is 2.24. The monoisotopic (exact) mass is 864 g/mol. The number of amides is 1. The molecule has 0 aromatic heterocycles. The fraction of sp³-hybridized carbons (Fsp3) is 0.714. The highest BCUT2D eigenvalue weighted by atomic mass is 16.5. The van der Waals surface area contributed by atoms with Gasteiger partial charge in [0, 0.05) is 6.42 Å². The lowest BCUT2D eigenvalue weighted by Crippen LogP contribution is -2.46. The first-order valence-electron chi connectivity index (χ1n) is 25.9. The third-order valence-corrected chi connectivity index (χ3v) is 11.4. The van der Waals surface area contributed by atoms with Crippen LogP contribution in [-0.4, -0.2) is 46.9 Å². The number of hydrogen-bond donors (Lipinski definition) is 3. The van der Waals surface area contributed by atoms with Crippen LogP contribution in [0.2, 0.25) is 0 Å². The summed E-state index contributed by atoms with van der Waals surface area (Å²) in [6, 6.07) is -0.729. The van der Waals surface area contributed by atoms with Gasteiger partial charge in [-0.05, 0) is 57.8 Å². The molecule has 6 nitrogen and oxygen atoms in total. The molecule has 0 fully saturated rings. The summed E-state index contributed by atoms with van der Waals surface area (Å²) in [5, 5.41) is 23.8. The minimum atomic E-state index is -0.811. The molecule has 0 aliphatic carbocycles. The van der Waals surface area contributed by atoms with Crippen LogP contribution in [-0.2, 0) is 14.3 Å². The van der Waals surface area contributed by atoms with Crippen molar-refractivity contribution in [3.63, 3.8) is 0 Å². The molecule has 3 unspecified atom stereocenters. The Morgan fingerprint density at radius 2 is 0.887 bits per heavy atom. The van der Waals surface area contributed by atoms with Crippen molar-refractivity contribution in [2.75, 3.05) is 6.61 Å². The highest BCUT2D eigenvalue weighted by molar-refractivity contribution is 5.77. The molecule has 0 aromatic carbocycles. The Kier molecular flexibility index (Phi) is 46.7. The largest absolute Gasteiger partial charge is 0.462 e. The molecule has 3 atom stereocenters. The van der Waals surface area contributed by atoms with Gasteiger partial charge < -0.3 is 20.3 Å². The number of allylic oxidation sites excluding steroid dienone is 14. The predicted molar refractivity (Wildman–Crippen MR) is 268 cm³/mol. The summed E-state index contributed by atoms with van der Waals surface area (Å²) in [5.41, 5.74) is 0. The van der Waals surface area contributed by atoms with Gasteiger partial charge in [0.15, 0.2) is 0 Å². The SMILES string of the molecule is CC/C=C/C=C/C=C\C=C/CCCC(CC(=O)NC(CO)C(O)CCCCCCCCCCCCCCCCCCC)OC(=O)CCCCCCCCC/C=C/C=C/C=C/CC. The lowest BCUT2D eigenvalue weighted by molar-refractivity contribution is -0.151. The molecule has 0 bridgehead atoms. The van der Waals surface area contributed by atoms with Gasteiger partial charge in [-0.1, -0.05) is 247 Å². The number of esters is 1. The zero-order valence-corrected chi connectivity index (χ0v) is 40.5. The van der Waals surface area contributed by atoms with E-state index in [1.807, 2.05) is 36.5 Å². The number of hydrogen-bond acceptors (Lipinski definition) is 5. The number of nitrogens with one attached hydrogen (secondary N) is 1. The van der Waals surface area contributed by atoms with Gasteiger partial charge in [0.05, 0.1) is 25.2 Å². The van der Waals surface area contributed by atoms with Crippen molar-refractivity contribution < 1.29 is 24.5 Å². The van der Waals surface area contributed by atoms with E-state index < -0.39 is 18.2 Å². The van der Waals surface area contributed by atoms with Crippen molar-refractivity contribution >= 4 is 11.9 Å². The summed E-state index contributed by atoms with van der Waals surface area (Å²) >= 11 is 0. The third-order valence-electron chi connectivity index (χ3n) is 11.4. The van der Waals surface area contributed by atoms with Crippen molar-refractivity contribution in [3.05, 3.63) is 85.1 Å². The van der Waals surface area contributed by atoms with Crippen LogP contribution in [0.3, 0.4) is 0 Å². The van der Waals surface area contributed by atoms with Crippen molar-refractivity contribution in [1.29, 1.82) is 0 Å². The van der Waals surface area contributed by atoms with Crippen molar-refractivity contribution in [2.45, 2.75) is 251 Å². The van der Waals surface area contributed by atoms with Crippen molar-refractivity contribution in [3.8, 4) is 0 Å². The van der Waals surface area contributed by atoms with Crippen molar-refractivity contribution in [1.82, 2.24) is 5.32 Å². The lowest BCUT2D eigenvalue weighted by atomic mass is 10.0. The molecule has 0 spiro atoms. The number of carbonyl (C=O) groups excluding carboxylic acids is 2. The lowest BCUT2D eigenvalue weighted by Gasteiger charge is -2.24. The Morgan fingerprint density at radius 3 is 1.35 bits per heavy atom. The normalized spacial score (nSPS) is 14.0. The molecule has 356 valence electrons. The molecule has 0 heterocycles. The summed E-state index contributed by atoms with van der Waals surface area (Å²) in [7, 11) is 0. The fourth-order valence-electron chi connectivity index (χ4n) is 7.51. The van der Waals surface area contributed by atoms with E-state index in [0.29, 0.717) is 19.3 Å². The summed E-state index contributed by atoms with van der Waals surface area (Å²) in [5.74, 6) is -0.560. The molecule has 0 aliphatic heterocycles. The van der Waals surface area contributed by atoms with Gasteiger partial charge >= 0.3 is 5.97 Å². The fourth-order valence-corrected chi connectivity index (χ4v) is 7.51. The minimum absolute atomic E-state index is 0.0230. The standard InChI is InChI=1S/C56H97NO5/c1-4-7-10-13-16-19-22-24-26-27-29-30-33-36-39-42-45-48-54(59)53(51-58)57-55(60)50-52(47-44-41-38-35-32-21-18-15-12-9-6-3)62-56(61)49-46-43-40-37-34-31-28-25-23-20-17-14-11-8-5-2/h8-9,11-12,14-15,17-18,20-21,23,32,35,38,52-54,58-59H,4-7,10,13,16,19,22,24-31,33-34,36-37,39-51H2,1-3H3,(H,57,60)/b11-8+,12-9+,17-14+,18-15+,23-20+,32-21-,38-35-. The average Bonchev–Trinajstić information content (AvgIpc) is 3.26. The summed E-state index contributed by atoms with van der Waals surface area (Å²) < 4.78 is 5.88. The van der Waals surface area contributed by atoms with Gasteiger partial charge in [0.25, 0.3) is 0 Å². The van der Waals surface area contributed by atoms with Crippen LogP contribution in [0.1, 0.15) is 233 Å². The van der Waals surface area contributed by atoms with Crippen LogP contribution in [0.15, 0.2) is 85.1 Å². The molecule has 0 rings (SSSR count). The summed E-state index contributed by atoms with van der Waals surface area (Å²) in [6.45, 7) is 6.19. The molecular weight excluding hydrogens is 767 g/mol. The molecule has 0 aromatic rings. The molecule has 0 aliphatic rings. The van der Waals surface area contributed by atoms with Crippen LogP contribution >= 0.6 is 0 Å². The van der Waals surface area contributed by atoms with Crippen LogP contribution < -0.4 is 5.32 Å². The first kappa shape index (κ1) is 59.0. The Labute approximate surface area is 383 Å². The molecule has 62 heavy (non-hydrogen) atoms. The Bertz CT molecular complexity index is 1200. The van der Waals surface area contributed by atoms with Gasteiger partial charge in [-0.15, -0.1) is 0 Å². The van der Waals surface area contributed by atoms with Gasteiger partial charge in [0.1, 0.15) is 6.10 Å². The van der Waals surface area contributed by atoms with Gasteiger partial charge in [-0.2, -0.15) is 0 Å². The second-order valence-corrected chi connectivity index (χ2v) is 17.3. The number of aliphatic hydroxyl groups excluding tert-OH is 2. The quantitative estimate of drug-likeness (QED) is 0.0322. The molecule has 0 saturated carbocycles. The van der Waals surface area contributed by atoms with E-state index in [2.05, 4.69) is 74.7 Å². The maximum atomic E-state index is 13.2. The Balaban J connectivity index is 4.56. The second-order valence-electron chi connectivity index (χ2n) is 17.3. The van der Waals surface area contributed by atoms with Crippen LogP contribution in [0.5, 0.6) is 0 Å². The summed E-state index contributed by atoms with van der Waals surface area (Å²) in [4.78, 5) is 26.1. The number of unbranched alkanes of at least 4 members (excludes halogenated alkanes) is 24. The van der Waals surface area contributed by atoms with E-state index in [1.165, 1.54) is 116 Å². The molecule has 1 amide bonds. The third kappa shape index (κ3) is 43.7. The smallest absolute Gasteiger partial charge is 0.306 e. The molecule has 0 saturated heterocycles. The number of carbonyl (C=O) groups is 2. The maximum Gasteiger partial charge on any atom is 0.306 e.